The highest BCUT2D eigenvalue weighted by Gasteiger charge is 2.14. The monoisotopic (exact) mass is 262 g/mol. The number of nitrogens with zero attached hydrogens (tertiary/aromatic N) is 1. The number of benzene rings is 1. The number of hydrogen-bond acceptors (Lipinski definition) is 5. The first-order chi connectivity index (χ1) is 9.19. The number of aryl methyl sites for hydroxylation is 1. The molecule has 5 nitrogen and oxygen atoms in total. The Bertz CT molecular complexity index is 564. The Hall–Kier alpha value is -2.01. The second-order valence-electron chi connectivity index (χ2n) is 4.11. The van der Waals surface area contributed by atoms with E-state index in [9.17, 15) is 0 Å². The van der Waals surface area contributed by atoms with Crippen molar-refractivity contribution in [3.05, 3.63) is 29.9 Å². The molecule has 0 amide bonds. The van der Waals surface area contributed by atoms with Gasteiger partial charge in [0.2, 0.25) is 0 Å². The predicted molar refractivity (Wildman–Crippen MR) is 72.5 cm³/mol. The Morgan fingerprint density at radius 1 is 1.21 bits per heavy atom. The van der Waals surface area contributed by atoms with Crippen LogP contribution in [0, 0.1) is 6.92 Å². The summed E-state index contributed by atoms with van der Waals surface area (Å²) in [6.07, 6.45) is 0.657. The Kier molecular flexibility index (Phi) is 4.06. The molecule has 0 fully saturated rings. The summed E-state index contributed by atoms with van der Waals surface area (Å²) in [6, 6.07) is 5.67. The van der Waals surface area contributed by atoms with Crippen molar-refractivity contribution in [1.82, 2.24) is 4.98 Å². The lowest BCUT2D eigenvalue weighted by Crippen LogP contribution is -2.02. The molecule has 2 aromatic rings. The lowest BCUT2D eigenvalue weighted by atomic mass is 10.1. The van der Waals surface area contributed by atoms with E-state index in [-0.39, 0.29) is 0 Å². The van der Waals surface area contributed by atoms with Gasteiger partial charge in [-0.15, -0.1) is 0 Å². The van der Waals surface area contributed by atoms with E-state index in [0.717, 1.165) is 17.0 Å². The first kappa shape index (κ1) is 13.4. The number of ether oxygens (including phenoxy) is 2. The molecule has 0 spiro atoms. The average Bonchev–Trinajstić information content (AvgIpc) is 2.79. The molecule has 5 heteroatoms. The van der Waals surface area contributed by atoms with E-state index >= 15 is 0 Å². The summed E-state index contributed by atoms with van der Waals surface area (Å²) in [6.45, 7) is 2.35. The lowest BCUT2D eigenvalue weighted by molar-refractivity contribution is 0.355. The van der Waals surface area contributed by atoms with Gasteiger partial charge in [0.05, 0.1) is 14.2 Å². The van der Waals surface area contributed by atoms with Crippen molar-refractivity contribution in [3.8, 4) is 22.8 Å². The fourth-order valence-electron chi connectivity index (χ4n) is 1.98. The van der Waals surface area contributed by atoms with Crippen LogP contribution in [0.3, 0.4) is 0 Å². The standard InChI is InChI=1S/C14H18N2O3/c1-9-16-14(12(19-9)6-7-15)10-4-5-11(17-2)13(8-10)18-3/h4-5,8H,6-7,15H2,1-3H3. The molecule has 0 unspecified atom stereocenters. The fourth-order valence-corrected chi connectivity index (χ4v) is 1.98. The molecular weight excluding hydrogens is 244 g/mol. The number of nitrogens with two attached hydrogens (primary N) is 1. The molecule has 0 radical (unpaired) electrons. The first-order valence-corrected chi connectivity index (χ1v) is 6.08. The highest BCUT2D eigenvalue weighted by atomic mass is 16.5. The van der Waals surface area contributed by atoms with Crippen LogP contribution in [0.4, 0.5) is 0 Å². The van der Waals surface area contributed by atoms with Crippen LogP contribution in [0.1, 0.15) is 11.7 Å². The van der Waals surface area contributed by atoms with Crippen molar-refractivity contribution in [3.63, 3.8) is 0 Å². The molecule has 0 aliphatic carbocycles. The molecule has 0 atom stereocenters. The van der Waals surface area contributed by atoms with Gasteiger partial charge in [-0.3, -0.25) is 0 Å². The van der Waals surface area contributed by atoms with Crippen LogP contribution in [0.15, 0.2) is 22.6 Å². The second-order valence-corrected chi connectivity index (χ2v) is 4.11. The number of rotatable bonds is 5. The molecule has 0 saturated carbocycles. The van der Waals surface area contributed by atoms with E-state index in [1.807, 2.05) is 25.1 Å². The molecule has 2 rings (SSSR count). The van der Waals surface area contributed by atoms with Crippen LogP contribution in [0.2, 0.25) is 0 Å². The predicted octanol–water partition coefficient (Wildman–Crippen LogP) is 2.17. The van der Waals surface area contributed by atoms with Crippen molar-refractivity contribution in [2.24, 2.45) is 5.73 Å². The minimum atomic E-state index is 0.523. The maximum Gasteiger partial charge on any atom is 0.191 e. The van der Waals surface area contributed by atoms with Gasteiger partial charge in [0, 0.05) is 18.9 Å². The largest absolute Gasteiger partial charge is 0.493 e. The quantitative estimate of drug-likeness (QED) is 0.894. The van der Waals surface area contributed by atoms with E-state index in [1.54, 1.807) is 14.2 Å². The van der Waals surface area contributed by atoms with Crippen molar-refractivity contribution < 1.29 is 13.9 Å². The summed E-state index contributed by atoms with van der Waals surface area (Å²) in [5.41, 5.74) is 7.32. The van der Waals surface area contributed by atoms with Crippen molar-refractivity contribution >= 4 is 0 Å². The maximum absolute atomic E-state index is 5.59. The van der Waals surface area contributed by atoms with Gasteiger partial charge in [0.15, 0.2) is 17.4 Å². The number of aromatic nitrogens is 1. The van der Waals surface area contributed by atoms with E-state index in [0.29, 0.717) is 30.4 Å². The summed E-state index contributed by atoms with van der Waals surface area (Å²) in [5.74, 6) is 2.78. The van der Waals surface area contributed by atoms with Gasteiger partial charge in [0.1, 0.15) is 11.5 Å². The minimum Gasteiger partial charge on any atom is -0.493 e. The molecule has 1 aromatic carbocycles. The van der Waals surface area contributed by atoms with Gasteiger partial charge < -0.3 is 19.6 Å². The zero-order valence-corrected chi connectivity index (χ0v) is 11.4. The van der Waals surface area contributed by atoms with E-state index in [2.05, 4.69) is 4.98 Å². The molecule has 19 heavy (non-hydrogen) atoms. The molecule has 0 aliphatic rings. The molecule has 0 aliphatic heterocycles. The molecule has 0 bridgehead atoms. The van der Waals surface area contributed by atoms with Crippen LogP contribution >= 0.6 is 0 Å². The van der Waals surface area contributed by atoms with Crippen LogP contribution in [0.25, 0.3) is 11.3 Å². The third-order valence-electron chi connectivity index (χ3n) is 2.83. The van der Waals surface area contributed by atoms with Gasteiger partial charge in [0.25, 0.3) is 0 Å². The van der Waals surface area contributed by atoms with Crippen molar-refractivity contribution in [1.29, 1.82) is 0 Å². The SMILES string of the molecule is COc1ccc(-c2nc(C)oc2CCN)cc1OC. The second kappa shape index (κ2) is 5.75. The Morgan fingerprint density at radius 2 is 1.95 bits per heavy atom. The van der Waals surface area contributed by atoms with Crippen LogP contribution in [-0.2, 0) is 6.42 Å². The Labute approximate surface area is 112 Å². The highest BCUT2D eigenvalue weighted by molar-refractivity contribution is 5.65. The van der Waals surface area contributed by atoms with Crippen LogP contribution in [0.5, 0.6) is 11.5 Å². The summed E-state index contributed by atoms with van der Waals surface area (Å²) < 4.78 is 16.1. The van der Waals surface area contributed by atoms with Crippen molar-refractivity contribution in [2.45, 2.75) is 13.3 Å². The third-order valence-corrected chi connectivity index (χ3v) is 2.83. The molecular formula is C14H18N2O3. The Morgan fingerprint density at radius 3 is 2.58 bits per heavy atom. The fraction of sp³-hybridized carbons (Fsp3) is 0.357. The summed E-state index contributed by atoms with van der Waals surface area (Å²) in [4.78, 5) is 4.41. The molecule has 0 saturated heterocycles. The topological polar surface area (TPSA) is 70.5 Å². The summed E-state index contributed by atoms with van der Waals surface area (Å²) in [7, 11) is 3.22. The minimum absolute atomic E-state index is 0.523. The molecule has 1 aromatic heterocycles. The van der Waals surface area contributed by atoms with Gasteiger partial charge in [-0.2, -0.15) is 0 Å². The molecule has 1 heterocycles. The smallest absolute Gasteiger partial charge is 0.191 e. The number of oxazole rings is 1. The third kappa shape index (κ3) is 2.71. The molecule has 102 valence electrons. The van der Waals surface area contributed by atoms with Gasteiger partial charge in [-0.1, -0.05) is 0 Å². The normalized spacial score (nSPS) is 10.5. The van der Waals surface area contributed by atoms with Gasteiger partial charge in [-0.25, -0.2) is 4.98 Å². The van der Waals surface area contributed by atoms with Crippen molar-refractivity contribution in [2.75, 3.05) is 20.8 Å². The molecule has 2 N–H and O–H groups in total. The van der Waals surface area contributed by atoms with E-state index < -0.39 is 0 Å². The van der Waals surface area contributed by atoms with E-state index in [4.69, 9.17) is 19.6 Å². The van der Waals surface area contributed by atoms with Crippen LogP contribution < -0.4 is 15.2 Å². The Balaban J connectivity index is 2.46. The van der Waals surface area contributed by atoms with Gasteiger partial charge in [-0.05, 0) is 24.7 Å². The first-order valence-electron chi connectivity index (χ1n) is 6.08. The zero-order valence-electron chi connectivity index (χ0n) is 11.4. The maximum atomic E-state index is 5.59. The summed E-state index contributed by atoms with van der Waals surface area (Å²) >= 11 is 0. The average molecular weight is 262 g/mol. The number of hydrogen-bond donors (Lipinski definition) is 1. The van der Waals surface area contributed by atoms with Crippen LogP contribution in [-0.4, -0.2) is 25.7 Å². The lowest BCUT2D eigenvalue weighted by Gasteiger charge is -2.08. The zero-order chi connectivity index (χ0) is 13.8. The number of methoxy groups -OCH3 is 2. The highest BCUT2D eigenvalue weighted by Crippen LogP contribution is 2.33. The van der Waals surface area contributed by atoms with E-state index in [1.165, 1.54) is 0 Å². The summed E-state index contributed by atoms with van der Waals surface area (Å²) in [5, 5.41) is 0. The van der Waals surface area contributed by atoms with Gasteiger partial charge >= 0.3 is 0 Å².